The Kier molecular flexibility index (Phi) is 7.39. The van der Waals surface area contributed by atoms with Gasteiger partial charge in [-0.05, 0) is 51.0 Å². The fourth-order valence-corrected chi connectivity index (χ4v) is 2.61. The van der Waals surface area contributed by atoms with Crippen molar-refractivity contribution in [3.05, 3.63) is 0 Å². The number of ether oxygens (including phenoxy) is 1. The summed E-state index contributed by atoms with van der Waals surface area (Å²) in [6, 6.07) is 0.125. The lowest BCUT2D eigenvalue weighted by molar-refractivity contribution is -0.127. The van der Waals surface area contributed by atoms with Gasteiger partial charge in [-0.1, -0.05) is 13.8 Å². The molecule has 0 bridgehead atoms. The molecule has 1 fully saturated rings. The highest BCUT2D eigenvalue weighted by molar-refractivity contribution is 5.79. The van der Waals surface area contributed by atoms with Crippen LogP contribution in [-0.4, -0.2) is 31.7 Å². The maximum atomic E-state index is 12.3. The van der Waals surface area contributed by atoms with Crippen LogP contribution in [0.15, 0.2) is 0 Å². The third-order valence-corrected chi connectivity index (χ3v) is 4.18. The van der Waals surface area contributed by atoms with Crippen LogP contribution in [0.1, 0.15) is 46.5 Å². The van der Waals surface area contributed by atoms with Crippen molar-refractivity contribution >= 4 is 5.91 Å². The summed E-state index contributed by atoms with van der Waals surface area (Å²) < 4.78 is 5.45. The maximum absolute atomic E-state index is 12.3. The molecule has 1 aliphatic rings. The first kappa shape index (κ1) is 16.4. The van der Waals surface area contributed by atoms with E-state index in [1.165, 1.54) is 0 Å². The van der Waals surface area contributed by atoms with Crippen LogP contribution >= 0.6 is 0 Å². The second kappa shape index (κ2) is 8.54. The first-order valence-electron chi connectivity index (χ1n) is 7.66. The molecule has 0 aromatic rings. The van der Waals surface area contributed by atoms with Crippen LogP contribution in [0.3, 0.4) is 0 Å². The highest BCUT2D eigenvalue weighted by Crippen LogP contribution is 2.28. The number of hydrogen-bond acceptors (Lipinski definition) is 3. The fourth-order valence-electron chi connectivity index (χ4n) is 2.61. The van der Waals surface area contributed by atoms with E-state index in [2.05, 4.69) is 19.2 Å². The molecular formula is C15H30N2O2. The van der Waals surface area contributed by atoms with Crippen molar-refractivity contribution in [1.29, 1.82) is 0 Å². The van der Waals surface area contributed by atoms with Crippen molar-refractivity contribution in [2.75, 3.05) is 19.8 Å². The molecule has 0 spiro atoms. The number of amides is 1. The lowest BCUT2D eigenvalue weighted by Crippen LogP contribution is -2.45. The van der Waals surface area contributed by atoms with Gasteiger partial charge in [-0.3, -0.25) is 4.79 Å². The predicted molar refractivity (Wildman–Crippen MR) is 77.8 cm³/mol. The van der Waals surface area contributed by atoms with E-state index < -0.39 is 0 Å². The van der Waals surface area contributed by atoms with Gasteiger partial charge in [-0.15, -0.1) is 0 Å². The largest absolute Gasteiger partial charge is 0.380 e. The van der Waals surface area contributed by atoms with Gasteiger partial charge in [0.2, 0.25) is 5.91 Å². The monoisotopic (exact) mass is 270 g/mol. The number of nitrogens with one attached hydrogen (secondary N) is 1. The summed E-state index contributed by atoms with van der Waals surface area (Å²) in [6.45, 7) is 8.28. The molecule has 1 unspecified atom stereocenters. The van der Waals surface area contributed by atoms with E-state index in [0.29, 0.717) is 25.0 Å². The molecule has 1 rings (SSSR count). The molecule has 0 heterocycles. The van der Waals surface area contributed by atoms with Gasteiger partial charge in [0.1, 0.15) is 0 Å². The SMILES string of the molecule is CCOCC(NC(=O)C1CCC(CN)CC1)C(C)C. The van der Waals surface area contributed by atoms with E-state index in [9.17, 15) is 4.79 Å². The molecule has 1 saturated carbocycles. The highest BCUT2D eigenvalue weighted by atomic mass is 16.5. The molecule has 0 saturated heterocycles. The zero-order valence-corrected chi connectivity index (χ0v) is 12.7. The Morgan fingerprint density at radius 1 is 1.32 bits per heavy atom. The zero-order chi connectivity index (χ0) is 14.3. The Balaban J connectivity index is 2.39. The Morgan fingerprint density at radius 2 is 1.95 bits per heavy atom. The molecule has 0 aromatic heterocycles. The lowest BCUT2D eigenvalue weighted by atomic mass is 9.81. The van der Waals surface area contributed by atoms with Gasteiger partial charge < -0.3 is 15.8 Å². The molecule has 112 valence electrons. The van der Waals surface area contributed by atoms with Gasteiger partial charge in [0.15, 0.2) is 0 Å². The van der Waals surface area contributed by atoms with E-state index in [1.807, 2.05) is 6.92 Å². The molecule has 1 amide bonds. The van der Waals surface area contributed by atoms with Crippen LogP contribution in [0, 0.1) is 17.8 Å². The third-order valence-electron chi connectivity index (χ3n) is 4.18. The van der Waals surface area contributed by atoms with Gasteiger partial charge >= 0.3 is 0 Å². The van der Waals surface area contributed by atoms with Gasteiger partial charge in [0, 0.05) is 12.5 Å². The number of carbonyl (C=O) groups is 1. The standard InChI is InChI=1S/C15H30N2O2/c1-4-19-10-14(11(2)3)17-15(18)13-7-5-12(9-16)6-8-13/h11-14H,4-10,16H2,1-3H3,(H,17,18). The minimum absolute atomic E-state index is 0.125. The van der Waals surface area contributed by atoms with Gasteiger partial charge in [-0.2, -0.15) is 0 Å². The third kappa shape index (κ3) is 5.49. The van der Waals surface area contributed by atoms with Gasteiger partial charge in [0.05, 0.1) is 12.6 Å². The highest BCUT2D eigenvalue weighted by Gasteiger charge is 2.27. The van der Waals surface area contributed by atoms with Crippen molar-refractivity contribution in [3.8, 4) is 0 Å². The molecule has 1 aliphatic carbocycles. The molecular weight excluding hydrogens is 240 g/mol. The van der Waals surface area contributed by atoms with Crippen molar-refractivity contribution in [2.45, 2.75) is 52.5 Å². The normalized spacial score (nSPS) is 25.3. The average molecular weight is 270 g/mol. The molecule has 4 heteroatoms. The van der Waals surface area contributed by atoms with Crippen LogP contribution in [-0.2, 0) is 9.53 Å². The summed E-state index contributed by atoms with van der Waals surface area (Å²) in [7, 11) is 0. The molecule has 0 aromatic carbocycles. The summed E-state index contributed by atoms with van der Waals surface area (Å²) in [4.78, 5) is 12.3. The zero-order valence-electron chi connectivity index (χ0n) is 12.7. The van der Waals surface area contributed by atoms with Gasteiger partial charge in [0.25, 0.3) is 0 Å². The Morgan fingerprint density at radius 3 is 2.42 bits per heavy atom. The molecule has 19 heavy (non-hydrogen) atoms. The van der Waals surface area contributed by atoms with Crippen molar-refractivity contribution in [1.82, 2.24) is 5.32 Å². The van der Waals surface area contributed by atoms with E-state index in [4.69, 9.17) is 10.5 Å². The summed E-state index contributed by atoms with van der Waals surface area (Å²) in [6.07, 6.45) is 4.14. The van der Waals surface area contributed by atoms with Crippen molar-refractivity contribution < 1.29 is 9.53 Å². The summed E-state index contributed by atoms with van der Waals surface area (Å²) in [5.74, 6) is 1.39. The second-order valence-electron chi connectivity index (χ2n) is 5.97. The average Bonchev–Trinajstić information content (AvgIpc) is 2.43. The Labute approximate surface area is 117 Å². The van der Waals surface area contributed by atoms with Crippen LogP contribution in [0.4, 0.5) is 0 Å². The van der Waals surface area contributed by atoms with Crippen molar-refractivity contribution in [3.63, 3.8) is 0 Å². The lowest BCUT2D eigenvalue weighted by Gasteiger charge is -2.29. The molecule has 1 atom stereocenters. The second-order valence-corrected chi connectivity index (χ2v) is 5.97. The Bertz CT molecular complexity index is 261. The summed E-state index contributed by atoms with van der Waals surface area (Å²) in [5.41, 5.74) is 5.68. The van der Waals surface area contributed by atoms with Gasteiger partial charge in [-0.25, -0.2) is 0 Å². The summed E-state index contributed by atoms with van der Waals surface area (Å²) in [5, 5.41) is 3.16. The topological polar surface area (TPSA) is 64.3 Å². The number of hydrogen-bond donors (Lipinski definition) is 2. The fraction of sp³-hybridized carbons (Fsp3) is 0.933. The first-order chi connectivity index (χ1) is 9.08. The quantitative estimate of drug-likeness (QED) is 0.743. The number of carbonyl (C=O) groups excluding carboxylic acids is 1. The molecule has 0 radical (unpaired) electrons. The van der Waals surface area contributed by atoms with E-state index in [0.717, 1.165) is 32.2 Å². The van der Waals surface area contributed by atoms with Crippen molar-refractivity contribution in [2.24, 2.45) is 23.5 Å². The summed E-state index contributed by atoms with van der Waals surface area (Å²) >= 11 is 0. The number of rotatable bonds is 7. The predicted octanol–water partition coefficient (Wildman–Crippen LogP) is 1.93. The molecule has 4 nitrogen and oxygen atoms in total. The van der Waals surface area contributed by atoms with E-state index in [-0.39, 0.29) is 17.9 Å². The van der Waals surface area contributed by atoms with Crippen LogP contribution in [0.5, 0.6) is 0 Å². The van der Waals surface area contributed by atoms with Crippen LogP contribution in [0.25, 0.3) is 0 Å². The van der Waals surface area contributed by atoms with Crippen LogP contribution in [0.2, 0.25) is 0 Å². The van der Waals surface area contributed by atoms with E-state index in [1.54, 1.807) is 0 Å². The molecule has 0 aliphatic heterocycles. The van der Waals surface area contributed by atoms with E-state index >= 15 is 0 Å². The van der Waals surface area contributed by atoms with Crippen LogP contribution < -0.4 is 11.1 Å². The Hall–Kier alpha value is -0.610. The minimum Gasteiger partial charge on any atom is -0.380 e. The number of nitrogens with two attached hydrogens (primary N) is 1. The smallest absolute Gasteiger partial charge is 0.223 e. The first-order valence-corrected chi connectivity index (χ1v) is 7.66. The molecule has 3 N–H and O–H groups in total. The maximum Gasteiger partial charge on any atom is 0.223 e. The minimum atomic E-state index is 0.125.